The highest BCUT2D eigenvalue weighted by molar-refractivity contribution is 7.89. The standard InChI is InChI=1S/C26H29N3O3S/c1-21-8-5-6-10-24(21)20-28(19-22-9-7-15-27-18-22)26(30)23-13-16-29(17-14-23)33(31,32)25-11-3-2-4-12-25/h2-12,15,18,23H,13-14,16-17,19-20H2,1H3. The minimum atomic E-state index is -3.53. The number of aromatic nitrogens is 1. The maximum atomic E-state index is 13.6. The molecular weight excluding hydrogens is 434 g/mol. The average Bonchev–Trinajstić information content (AvgIpc) is 2.86. The van der Waals surface area contributed by atoms with Gasteiger partial charge in [-0.05, 0) is 54.7 Å². The van der Waals surface area contributed by atoms with Gasteiger partial charge in [-0.1, -0.05) is 48.5 Å². The first-order valence-corrected chi connectivity index (χ1v) is 12.7. The Morgan fingerprint density at radius 2 is 1.67 bits per heavy atom. The Morgan fingerprint density at radius 1 is 0.970 bits per heavy atom. The summed E-state index contributed by atoms with van der Waals surface area (Å²) in [5.74, 6) is -0.133. The number of sulfonamides is 1. The van der Waals surface area contributed by atoms with Crippen molar-refractivity contribution in [3.8, 4) is 0 Å². The first-order valence-electron chi connectivity index (χ1n) is 11.2. The molecule has 2 heterocycles. The van der Waals surface area contributed by atoms with E-state index in [0.29, 0.717) is 43.9 Å². The van der Waals surface area contributed by atoms with Gasteiger partial charge in [0.05, 0.1) is 4.90 Å². The quantitative estimate of drug-likeness (QED) is 0.531. The van der Waals surface area contributed by atoms with Crippen molar-refractivity contribution < 1.29 is 13.2 Å². The number of aryl methyl sites for hydroxylation is 1. The van der Waals surface area contributed by atoms with E-state index >= 15 is 0 Å². The Labute approximate surface area is 195 Å². The number of piperidine rings is 1. The number of rotatable bonds is 7. The highest BCUT2D eigenvalue weighted by Gasteiger charge is 2.34. The lowest BCUT2D eigenvalue weighted by atomic mass is 9.95. The zero-order valence-electron chi connectivity index (χ0n) is 18.8. The van der Waals surface area contributed by atoms with Crippen LogP contribution < -0.4 is 0 Å². The lowest BCUT2D eigenvalue weighted by Crippen LogP contribution is -2.44. The zero-order chi connectivity index (χ0) is 23.3. The third-order valence-corrected chi connectivity index (χ3v) is 8.13. The van der Waals surface area contributed by atoms with Crippen LogP contribution in [0.1, 0.15) is 29.5 Å². The molecule has 2 aromatic carbocycles. The molecule has 33 heavy (non-hydrogen) atoms. The van der Waals surface area contributed by atoms with Gasteiger partial charge in [-0.3, -0.25) is 9.78 Å². The molecule has 0 aliphatic carbocycles. The summed E-state index contributed by atoms with van der Waals surface area (Å²) in [5.41, 5.74) is 3.23. The summed E-state index contributed by atoms with van der Waals surface area (Å²) in [6.07, 6.45) is 4.54. The highest BCUT2D eigenvalue weighted by atomic mass is 32.2. The molecule has 0 spiro atoms. The van der Waals surface area contributed by atoms with Gasteiger partial charge >= 0.3 is 0 Å². The number of benzene rings is 2. The summed E-state index contributed by atoms with van der Waals surface area (Å²) >= 11 is 0. The third-order valence-electron chi connectivity index (χ3n) is 6.21. The monoisotopic (exact) mass is 463 g/mol. The van der Waals surface area contributed by atoms with Crippen molar-refractivity contribution in [3.63, 3.8) is 0 Å². The number of amides is 1. The van der Waals surface area contributed by atoms with Crippen LogP contribution in [0.3, 0.4) is 0 Å². The molecule has 1 amide bonds. The molecule has 6 nitrogen and oxygen atoms in total. The number of hydrogen-bond donors (Lipinski definition) is 0. The highest BCUT2D eigenvalue weighted by Crippen LogP contribution is 2.26. The maximum Gasteiger partial charge on any atom is 0.243 e. The summed E-state index contributed by atoms with van der Waals surface area (Å²) in [7, 11) is -3.53. The van der Waals surface area contributed by atoms with Crippen LogP contribution in [0.15, 0.2) is 84.0 Å². The van der Waals surface area contributed by atoms with E-state index in [9.17, 15) is 13.2 Å². The van der Waals surface area contributed by atoms with E-state index in [2.05, 4.69) is 18.0 Å². The van der Waals surface area contributed by atoms with Gasteiger partial charge < -0.3 is 4.90 Å². The van der Waals surface area contributed by atoms with Crippen molar-refractivity contribution in [2.45, 2.75) is 37.8 Å². The topological polar surface area (TPSA) is 70.6 Å². The minimum Gasteiger partial charge on any atom is -0.334 e. The van der Waals surface area contributed by atoms with Gasteiger partial charge in [0.2, 0.25) is 15.9 Å². The van der Waals surface area contributed by atoms with Gasteiger partial charge in [-0.25, -0.2) is 8.42 Å². The number of nitrogens with zero attached hydrogens (tertiary/aromatic N) is 3. The Hall–Kier alpha value is -3.03. The van der Waals surface area contributed by atoms with E-state index in [1.807, 2.05) is 35.2 Å². The molecule has 0 N–H and O–H groups in total. The molecule has 1 aliphatic rings. The Morgan fingerprint density at radius 3 is 2.33 bits per heavy atom. The van der Waals surface area contributed by atoms with Crippen molar-refractivity contribution in [1.29, 1.82) is 0 Å². The number of pyridine rings is 1. The van der Waals surface area contributed by atoms with Crippen LogP contribution in [0.25, 0.3) is 0 Å². The van der Waals surface area contributed by atoms with Crippen molar-refractivity contribution in [2.75, 3.05) is 13.1 Å². The number of carbonyl (C=O) groups excluding carboxylic acids is 1. The summed E-state index contributed by atoms with van der Waals surface area (Å²) < 4.78 is 27.4. The molecule has 1 aliphatic heterocycles. The van der Waals surface area contributed by atoms with Crippen LogP contribution in [-0.2, 0) is 27.9 Å². The van der Waals surface area contributed by atoms with Crippen molar-refractivity contribution in [1.82, 2.24) is 14.2 Å². The van der Waals surface area contributed by atoms with Gasteiger partial charge in [0.15, 0.2) is 0 Å². The molecule has 0 bridgehead atoms. The fourth-order valence-electron chi connectivity index (χ4n) is 4.26. The first kappa shape index (κ1) is 23.1. The first-order chi connectivity index (χ1) is 15.9. The smallest absolute Gasteiger partial charge is 0.243 e. The van der Waals surface area contributed by atoms with Gasteiger partial charge in [-0.15, -0.1) is 0 Å². The fourth-order valence-corrected chi connectivity index (χ4v) is 5.75. The molecule has 7 heteroatoms. The van der Waals surface area contributed by atoms with Crippen LogP contribution in [0, 0.1) is 12.8 Å². The predicted octanol–water partition coefficient (Wildman–Crippen LogP) is 4.02. The van der Waals surface area contributed by atoms with Crippen LogP contribution >= 0.6 is 0 Å². The van der Waals surface area contributed by atoms with E-state index in [1.54, 1.807) is 42.7 Å². The predicted molar refractivity (Wildman–Crippen MR) is 128 cm³/mol. The summed E-state index contributed by atoms with van der Waals surface area (Å²) in [6.45, 7) is 3.74. The molecule has 0 unspecified atom stereocenters. The minimum absolute atomic E-state index is 0.0684. The summed E-state index contributed by atoms with van der Waals surface area (Å²) in [4.78, 5) is 19.9. The third kappa shape index (κ3) is 5.49. The molecule has 1 aromatic heterocycles. The molecule has 4 rings (SSSR count). The second-order valence-corrected chi connectivity index (χ2v) is 10.4. The van der Waals surface area contributed by atoms with Crippen LogP contribution in [0.4, 0.5) is 0 Å². The van der Waals surface area contributed by atoms with E-state index in [-0.39, 0.29) is 11.8 Å². The van der Waals surface area contributed by atoms with Gasteiger partial charge in [0, 0.05) is 44.5 Å². The Bertz CT molecular complexity index is 1180. The Kier molecular flexibility index (Phi) is 7.20. The summed E-state index contributed by atoms with van der Waals surface area (Å²) in [5, 5.41) is 0. The largest absolute Gasteiger partial charge is 0.334 e. The maximum absolute atomic E-state index is 13.6. The lowest BCUT2D eigenvalue weighted by molar-refractivity contribution is -0.138. The second-order valence-electron chi connectivity index (χ2n) is 8.47. The van der Waals surface area contributed by atoms with Crippen LogP contribution in [0.2, 0.25) is 0 Å². The second kappa shape index (κ2) is 10.3. The zero-order valence-corrected chi connectivity index (χ0v) is 19.6. The SMILES string of the molecule is Cc1ccccc1CN(Cc1cccnc1)C(=O)C1CCN(S(=O)(=O)c2ccccc2)CC1. The van der Waals surface area contributed by atoms with E-state index < -0.39 is 10.0 Å². The van der Waals surface area contributed by atoms with E-state index in [4.69, 9.17) is 0 Å². The average molecular weight is 464 g/mol. The van der Waals surface area contributed by atoms with Crippen LogP contribution in [0.5, 0.6) is 0 Å². The van der Waals surface area contributed by atoms with Crippen LogP contribution in [-0.4, -0.2) is 41.6 Å². The van der Waals surface area contributed by atoms with Crippen molar-refractivity contribution in [3.05, 3.63) is 95.8 Å². The van der Waals surface area contributed by atoms with Gasteiger partial charge in [0.1, 0.15) is 0 Å². The Balaban J connectivity index is 1.48. The van der Waals surface area contributed by atoms with Crippen molar-refractivity contribution >= 4 is 15.9 Å². The molecule has 0 saturated carbocycles. The molecule has 0 atom stereocenters. The summed E-state index contributed by atoms with van der Waals surface area (Å²) in [6, 6.07) is 20.4. The lowest BCUT2D eigenvalue weighted by Gasteiger charge is -2.34. The molecule has 172 valence electrons. The van der Waals surface area contributed by atoms with E-state index in [1.165, 1.54) is 4.31 Å². The molecule has 1 saturated heterocycles. The number of carbonyl (C=O) groups is 1. The van der Waals surface area contributed by atoms with Crippen molar-refractivity contribution in [2.24, 2.45) is 5.92 Å². The number of hydrogen-bond acceptors (Lipinski definition) is 4. The van der Waals surface area contributed by atoms with Gasteiger partial charge in [0.25, 0.3) is 0 Å². The molecular formula is C26H29N3O3S. The molecule has 0 radical (unpaired) electrons. The molecule has 1 fully saturated rings. The van der Waals surface area contributed by atoms with Gasteiger partial charge in [-0.2, -0.15) is 4.31 Å². The fraction of sp³-hybridized carbons (Fsp3) is 0.308. The molecule has 3 aromatic rings. The van der Waals surface area contributed by atoms with E-state index in [0.717, 1.165) is 16.7 Å². The normalized spacial score (nSPS) is 15.3.